The summed E-state index contributed by atoms with van der Waals surface area (Å²) < 4.78 is 0. The number of benzene rings is 1. The molecule has 1 amide bonds. The Morgan fingerprint density at radius 2 is 1.64 bits per heavy atom. The van der Waals surface area contributed by atoms with Crippen molar-refractivity contribution in [3.63, 3.8) is 0 Å². The number of hydrogen-bond donors (Lipinski definition) is 1. The molecular weight excluding hydrogens is 346 g/mol. The van der Waals surface area contributed by atoms with Gasteiger partial charge in [0, 0.05) is 57.2 Å². The molecule has 2 aliphatic rings. The first-order valence-electron chi connectivity index (χ1n) is 8.68. The monoisotopic (exact) mass is 373 g/mol. The minimum absolute atomic E-state index is 0. The molecule has 0 unspecified atom stereocenters. The molecule has 0 aromatic heterocycles. The van der Waals surface area contributed by atoms with E-state index in [4.69, 9.17) is 0 Å². The van der Waals surface area contributed by atoms with E-state index in [9.17, 15) is 14.7 Å². The summed E-state index contributed by atoms with van der Waals surface area (Å²) in [6.07, 6.45) is 5.53. The van der Waals surface area contributed by atoms with Crippen LogP contribution in [-0.4, -0.2) is 78.2 Å². The minimum atomic E-state index is -0.876. The molecular formula is C19H27CaNO4. The minimum Gasteiger partial charge on any atom is -0.481 e. The van der Waals surface area contributed by atoms with E-state index in [-0.39, 0.29) is 55.5 Å². The molecule has 1 saturated heterocycles. The average Bonchev–Trinajstić information content (AvgIpc) is 2.99. The van der Waals surface area contributed by atoms with Crippen LogP contribution in [0.25, 0.3) is 0 Å². The van der Waals surface area contributed by atoms with E-state index in [0.29, 0.717) is 18.3 Å². The summed E-state index contributed by atoms with van der Waals surface area (Å²) in [5.74, 6) is -0.204. The van der Waals surface area contributed by atoms with Gasteiger partial charge in [-0.2, -0.15) is 0 Å². The molecule has 134 valence electrons. The maximum atomic E-state index is 12.6. The summed E-state index contributed by atoms with van der Waals surface area (Å²) in [7, 11) is 0. The van der Waals surface area contributed by atoms with Gasteiger partial charge in [0.15, 0.2) is 0 Å². The molecule has 1 aliphatic heterocycles. The second kappa shape index (κ2) is 10.5. The summed E-state index contributed by atoms with van der Waals surface area (Å²) in [5, 5.41) is 9.46. The van der Waals surface area contributed by atoms with Gasteiger partial charge in [-0.25, -0.2) is 0 Å². The van der Waals surface area contributed by atoms with Gasteiger partial charge in [0.25, 0.3) is 0 Å². The van der Waals surface area contributed by atoms with Gasteiger partial charge < -0.3 is 15.5 Å². The number of carboxylic acid groups (broad SMARTS) is 1. The summed E-state index contributed by atoms with van der Waals surface area (Å²) in [4.78, 5) is 26.0. The molecule has 3 N–H and O–H groups in total. The number of carbonyl (C=O) groups is 2. The second-order valence-electron chi connectivity index (χ2n) is 7.03. The summed E-state index contributed by atoms with van der Waals surface area (Å²) in [6.45, 7) is 1.67. The third-order valence-corrected chi connectivity index (χ3v) is 5.42. The van der Waals surface area contributed by atoms with Crippen molar-refractivity contribution in [2.75, 3.05) is 13.1 Å². The number of carbonyl (C=O) groups excluding carboxylic acids is 1. The molecule has 0 bridgehead atoms. The SMILES string of the molecule is O.O=C(O)[C@H](CC(=O)N1C[C@H]2CCCC[C@H]2C1)Cc1ccccc1.[Ca]. The first-order chi connectivity index (χ1) is 11.1. The number of fused-ring (bicyclic) bond motifs is 1. The first kappa shape index (κ1) is 22.4. The maximum absolute atomic E-state index is 12.6. The van der Waals surface area contributed by atoms with Crippen LogP contribution in [0.5, 0.6) is 0 Å². The van der Waals surface area contributed by atoms with Gasteiger partial charge in [-0.05, 0) is 36.7 Å². The van der Waals surface area contributed by atoms with Gasteiger partial charge in [0.05, 0.1) is 5.92 Å². The van der Waals surface area contributed by atoms with Crippen molar-refractivity contribution >= 4 is 49.6 Å². The molecule has 1 aromatic carbocycles. The number of nitrogens with zero attached hydrogens (tertiary/aromatic N) is 1. The van der Waals surface area contributed by atoms with Crippen LogP contribution in [0.1, 0.15) is 37.7 Å². The van der Waals surface area contributed by atoms with Crippen molar-refractivity contribution in [1.82, 2.24) is 4.90 Å². The molecule has 5 nitrogen and oxygen atoms in total. The fraction of sp³-hybridized carbons (Fsp3) is 0.579. The molecule has 2 radical (unpaired) electrons. The summed E-state index contributed by atoms with van der Waals surface area (Å²) in [5.41, 5.74) is 0.975. The molecule has 3 atom stereocenters. The number of aliphatic carboxylic acids is 1. The molecule has 6 heteroatoms. The quantitative estimate of drug-likeness (QED) is 0.798. The van der Waals surface area contributed by atoms with Crippen LogP contribution in [0.4, 0.5) is 0 Å². The van der Waals surface area contributed by atoms with Crippen LogP contribution in [0.2, 0.25) is 0 Å². The zero-order valence-corrected chi connectivity index (χ0v) is 16.9. The second-order valence-corrected chi connectivity index (χ2v) is 7.03. The Kier molecular flexibility index (Phi) is 9.43. The van der Waals surface area contributed by atoms with E-state index in [1.807, 2.05) is 35.2 Å². The van der Waals surface area contributed by atoms with Crippen LogP contribution in [0.3, 0.4) is 0 Å². The Morgan fingerprint density at radius 1 is 1.08 bits per heavy atom. The predicted molar refractivity (Wildman–Crippen MR) is 97.3 cm³/mol. The van der Waals surface area contributed by atoms with Gasteiger partial charge in [0.2, 0.25) is 5.91 Å². The zero-order valence-electron chi connectivity index (χ0n) is 14.7. The average molecular weight is 374 g/mol. The summed E-state index contributed by atoms with van der Waals surface area (Å²) >= 11 is 0. The first-order valence-corrected chi connectivity index (χ1v) is 8.68. The molecule has 25 heavy (non-hydrogen) atoms. The van der Waals surface area contributed by atoms with Crippen molar-refractivity contribution < 1.29 is 20.2 Å². The number of rotatable bonds is 5. The Bertz CT molecular complexity index is 552. The van der Waals surface area contributed by atoms with Gasteiger partial charge in [-0.3, -0.25) is 9.59 Å². The van der Waals surface area contributed by atoms with Gasteiger partial charge in [-0.15, -0.1) is 0 Å². The van der Waals surface area contributed by atoms with E-state index in [1.165, 1.54) is 25.7 Å². The Hall–Kier alpha value is -0.620. The zero-order chi connectivity index (χ0) is 16.2. The van der Waals surface area contributed by atoms with Gasteiger partial charge >= 0.3 is 5.97 Å². The predicted octanol–water partition coefficient (Wildman–Crippen LogP) is 1.76. The van der Waals surface area contributed by atoms with Gasteiger partial charge in [-0.1, -0.05) is 43.2 Å². The number of likely N-dealkylation sites (tertiary alicyclic amines) is 1. The van der Waals surface area contributed by atoms with Gasteiger partial charge in [0.1, 0.15) is 0 Å². The maximum Gasteiger partial charge on any atom is 0.307 e. The van der Waals surface area contributed by atoms with Crippen molar-refractivity contribution in [3.8, 4) is 0 Å². The van der Waals surface area contributed by atoms with Crippen LogP contribution in [0, 0.1) is 17.8 Å². The molecule has 3 rings (SSSR count). The molecule has 1 aromatic rings. The smallest absolute Gasteiger partial charge is 0.307 e. The van der Waals surface area contributed by atoms with Crippen molar-refractivity contribution in [3.05, 3.63) is 35.9 Å². The molecule has 0 spiro atoms. The third-order valence-electron chi connectivity index (χ3n) is 5.42. The third kappa shape index (κ3) is 5.95. The van der Waals surface area contributed by atoms with E-state index < -0.39 is 11.9 Å². The van der Waals surface area contributed by atoms with E-state index in [2.05, 4.69) is 0 Å². The molecule has 1 saturated carbocycles. The largest absolute Gasteiger partial charge is 0.481 e. The molecule has 1 aliphatic carbocycles. The Balaban J connectivity index is 0.00000156. The molecule has 2 fully saturated rings. The van der Waals surface area contributed by atoms with Crippen molar-refractivity contribution in [2.45, 2.75) is 38.5 Å². The van der Waals surface area contributed by atoms with Crippen molar-refractivity contribution in [2.24, 2.45) is 17.8 Å². The van der Waals surface area contributed by atoms with E-state index >= 15 is 0 Å². The number of amides is 1. The van der Waals surface area contributed by atoms with E-state index in [1.54, 1.807) is 0 Å². The number of hydrogen-bond acceptors (Lipinski definition) is 2. The Labute approximate surface area is 179 Å². The molecule has 1 heterocycles. The normalized spacial score (nSPS) is 23.0. The Morgan fingerprint density at radius 3 is 2.16 bits per heavy atom. The fourth-order valence-corrected chi connectivity index (χ4v) is 4.09. The van der Waals surface area contributed by atoms with E-state index in [0.717, 1.165) is 18.7 Å². The van der Waals surface area contributed by atoms with Crippen molar-refractivity contribution in [1.29, 1.82) is 0 Å². The van der Waals surface area contributed by atoms with Crippen LogP contribution < -0.4 is 0 Å². The topological polar surface area (TPSA) is 89.1 Å². The van der Waals surface area contributed by atoms with Crippen LogP contribution in [-0.2, 0) is 16.0 Å². The standard InChI is InChI=1S/C19H25NO3.Ca.H2O/c21-18(20-12-15-8-4-5-9-16(15)13-20)11-17(19(22)23)10-14-6-2-1-3-7-14;;/h1-3,6-7,15-17H,4-5,8-13H2,(H,22,23);;1H2/t15-,16+,17-;;/m0../s1. The summed E-state index contributed by atoms with van der Waals surface area (Å²) in [6, 6.07) is 9.56. The fourth-order valence-electron chi connectivity index (χ4n) is 4.09. The number of carboxylic acids is 1. The van der Waals surface area contributed by atoms with Crippen LogP contribution >= 0.6 is 0 Å². The van der Waals surface area contributed by atoms with Crippen LogP contribution in [0.15, 0.2) is 30.3 Å².